The smallest absolute Gasteiger partial charge is 0.227 e. The molecule has 2 rings (SSSR count). The maximum atomic E-state index is 13.7. The van der Waals surface area contributed by atoms with Crippen LogP contribution in [-0.2, 0) is 4.79 Å². The van der Waals surface area contributed by atoms with E-state index in [0.29, 0.717) is 19.5 Å². The Morgan fingerprint density at radius 3 is 2.88 bits per heavy atom. The number of carbonyl (C=O) groups excluding carboxylic acids is 1. The molecule has 0 spiro atoms. The number of rotatable bonds is 2. The first-order valence-electron chi connectivity index (χ1n) is 5.21. The lowest BCUT2D eigenvalue weighted by Crippen LogP contribution is -2.26. The van der Waals surface area contributed by atoms with E-state index in [1.165, 1.54) is 4.90 Å². The second kappa shape index (κ2) is 4.50. The molecule has 1 aromatic rings. The van der Waals surface area contributed by atoms with Crippen molar-refractivity contribution in [2.24, 2.45) is 11.7 Å². The number of phenolic OH excluding ortho intramolecular Hbond substituents is 1. The van der Waals surface area contributed by atoms with Gasteiger partial charge in [-0.05, 0) is 18.5 Å². The Morgan fingerprint density at radius 2 is 2.29 bits per heavy atom. The molecule has 4 nitrogen and oxygen atoms in total. The van der Waals surface area contributed by atoms with Gasteiger partial charge in [0.15, 0.2) is 0 Å². The molecule has 0 aliphatic carbocycles. The van der Waals surface area contributed by atoms with Gasteiger partial charge in [0, 0.05) is 19.0 Å². The van der Waals surface area contributed by atoms with Crippen molar-refractivity contribution < 1.29 is 14.3 Å². The number of aromatic hydroxyl groups is 1. The van der Waals surface area contributed by atoms with Gasteiger partial charge in [-0.25, -0.2) is 4.39 Å². The van der Waals surface area contributed by atoms with Crippen LogP contribution in [0.2, 0.25) is 5.02 Å². The molecule has 17 heavy (non-hydrogen) atoms. The molecule has 0 saturated carbocycles. The quantitative estimate of drug-likeness (QED) is 0.845. The van der Waals surface area contributed by atoms with E-state index in [9.17, 15) is 14.3 Å². The zero-order valence-corrected chi connectivity index (χ0v) is 9.75. The van der Waals surface area contributed by atoms with Gasteiger partial charge in [0.1, 0.15) is 11.6 Å². The van der Waals surface area contributed by atoms with E-state index in [-0.39, 0.29) is 28.3 Å². The minimum absolute atomic E-state index is 0.0275. The summed E-state index contributed by atoms with van der Waals surface area (Å²) in [6.07, 6.45) is 0.305. The van der Waals surface area contributed by atoms with Gasteiger partial charge in [0.05, 0.1) is 10.7 Å². The highest BCUT2D eigenvalue weighted by Crippen LogP contribution is 2.34. The van der Waals surface area contributed by atoms with E-state index in [2.05, 4.69) is 0 Å². The van der Waals surface area contributed by atoms with Crippen LogP contribution in [0.1, 0.15) is 6.42 Å². The lowest BCUT2D eigenvalue weighted by atomic mass is 10.1. The Bertz CT molecular complexity index is 467. The lowest BCUT2D eigenvalue weighted by molar-refractivity contribution is -0.117. The monoisotopic (exact) mass is 258 g/mol. The molecule has 1 aliphatic rings. The van der Waals surface area contributed by atoms with E-state index in [4.69, 9.17) is 17.3 Å². The number of benzene rings is 1. The molecule has 1 aliphatic heterocycles. The minimum atomic E-state index is -0.626. The number of halogens is 2. The number of hydrogen-bond acceptors (Lipinski definition) is 3. The van der Waals surface area contributed by atoms with Crippen LogP contribution in [0.4, 0.5) is 10.1 Å². The normalized spacial score (nSPS) is 20.1. The maximum absolute atomic E-state index is 13.7. The maximum Gasteiger partial charge on any atom is 0.227 e. The number of phenols is 1. The summed E-state index contributed by atoms with van der Waals surface area (Å²) in [7, 11) is 0. The first-order chi connectivity index (χ1) is 8.02. The van der Waals surface area contributed by atoms with Gasteiger partial charge < -0.3 is 15.7 Å². The molecule has 0 bridgehead atoms. The van der Waals surface area contributed by atoms with Crippen LogP contribution in [0, 0.1) is 11.7 Å². The largest absolute Gasteiger partial charge is 0.506 e. The molecule has 3 N–H and O–H groups in total. The summed E-state index contributed by atoms with van der Waals surface area (Å²) in [6.45, 7) is 0.747. The molecular weight excluding hydrogens is 247 g/mol. The topological polar surface area (TPSA) is 66.6 Å². The molecule has 0 radical (unpaired) electrons. The second-order valence-corrected chi connectivity index (χ2v) is 4.47. The van der Waals surface area contributed by atoms with Gasteiger partial charge in [-0.2, -0.15) is 0 Å². The Labute approximate surface area is 103 Å². The summed E-state index contributed by atoms with van der Waals surface area (Å²) in [4.78, 5) is 13.0. The summed E-state index contributed by atoms with van der Waals surface area (Å²) in [6, 6.07) is 2.16. The van der Waals surface area contributed by atoms with E-state index >= 15 is 0 Å². The Balaban J connectivity index is 2.35. The predicted molar refractivity (Wildman–Crippen MR) is 62.6 cm³/mol. The van der Waals surface area contributed by atoms with Crippen molar-refractivity contribution in [2.45, 2.75) is 6.42 Å². The molecule has 1 amide bonds. The number of anilines is 1. The van der Waals surface area contributed by atoms with Crippen LogP contribution in [-0.4, -0.2) is 24.1 Å². The molecule has 1 fully saturated rings. The van der Waals surface area contributed by atoms with Crippen LogP contribution in [0.5, 0.6) is 5.75 Å². The van der Waals surface area contributed by atoms with Gasteiger partial charge in [-0.15, -0.1) is 0 Å². The summed E-state index contributed by atoms with van der Waals surface area (Å²) >= 11 is 5.57. The van der Waals surface area contributed by atoms with Crippen molar-refractivity contribution in [3.8, 4) is 5.75 Å². The van der Waals surface area contributed by atoms with Gasteiger partial charge in [-0.1, -0.05) is 11.6 Å². The number of nitrogens with zero attached hydrogens (tertiary/aromatic N) is 1. The highest BCUT2D eigenvalue weighted by atomic mass is 35.5. The molecule has 1 atom stereocenters. The van der Waals surface area contributed by atoms with Crippen LogP contribution < -0.4 is 10.6 Å². The lowest BCUT2D eigenvalue weighted by Gasteiger charge is -2.17. The molecule has 6 heteroatoms. The highest BCUT2D eigenvalue weighted by Gasteiger charge is 2.31. The average Bonchev–Trinajstić information content (AvgIpc) is 2.65. The van der Waals surface area contributed by atoms with Crippen LogP contribution in [0.15, 0.2) is 12.1 Å². The number of nitrogens with two attached hydrogens (primary N) is 1. The van der Waals surface area contributed by atoms with Crippen molar-refractivity contribution in [1.29, 1.82) is 0 Å². The van der Waals surface area contributed by atoms with Gasteiger partial charge in [-0.3, -0.25) is 4.79 Å². The number of hydrogen-bond donors (Lipinski definition) is 2. The molecule has 0 aromatic heterocycles. The zero-order chi connectivity index (χ0) is 12.6. The summed E-state index contributed by atoms with van der Waals surface area (Å²) in [5, 5.41) is 9.36. The third-order valence-electron chi connectivity index (χ3n) is 2.85. The Morgan fingerprint density at radius 1 is 1.59 bits per heavy atom. The van der Waals surface area contributed by atoms with Crippen molar-refractivity contribution >= 4 is 23.2 Å². The van der Waals surface area contributed by atoms with E-state index in [0.717, 1.165) is 12.1 Å². The molecule has 92 valence electrons. The molecular formula is C11H12ClFN2O2. The van der Waals surface area contributed by atoms with Gasteiger partial charge >= 0.3 is 0 Å². The summed E-state index contributed by atoms with van der Waals surface area (Å²) < 4.78 is 13.7. The SMILES string of the molecule is NCC1CC(=O)N(c2cc(O)c(Cl)cc2F)C1. The highest BCUT2D eigenvalue weighted by molar-refractivity contribution is 6.32. The van der Waals surface area contributed by atoms with Crippen molar-refractivity contribution in [2.75, 3.05) is 18.0 Å². The average molecular weight is 259 g/mol. The first-order valence-corrected chi connectivity index (χ1v) is 5.59. The summed E-state index contributed by atoms with van der Waals surface area (Å²) in [5.41, 5.74) is 5.53. The molecule has 1 unspecified atom stereocenters. The van der Waals surface area contributed by atoms with Gasteiger partial charge in [0.25, 0.3) is 0 Å². The van der Waals surface area contributed by atoms with E-state index in [1.807, 2.05) is 0 Å². The fourth-order valence-corrected chi connectivity index (χ4v) is 2.06. The first kappa shape index (κ1) is 12.1. The van der Waals surface area contributed by atoms with Gasteiger partial charge in [0.2, 0.25) is 5.91 Å². The van der Waals surface area contributed by atoms with Crippen molar-refractivity contribution in [3.05, 3.63) is 23.0 Å². The van der Waals surface area contributed by atoms with Crippen LogP contribution in [0.3, 0.4) is 0 Å². The Kier molecular flexibility index (Phi) is 3.22. The van der Waals surface area contributed by atoms with Crippen molar-refractivity contribution in [3.63, 3.8) is 0 Å². The fourth-order valence-electron chi connectivity index (χ4n) is 1.91. The second-order valence-electron chi connectivity index (χ2n) is 4.07. The number of amides is 1. The summed E-state index contributed by atoms with van der Waals surface area (Å²) in [5.74, 6) is -1.04. The third-order valence-corrected chi connectivity index (χ3v) is 3.15. The molecule has 1 heterocycles. The standard InChI is InChI=1S/C11H12ClFN2O2/c12-7-2-8(13)9(3-10(7)16)15-5-6(4-14)1-11(15)17/h2-3,6,16H,1,4-5,14H2. The van der Waals surface area contributed by atoms with E-state index < -0.39 is 5.82 Å². The Hall–Kier alpha value is -1.33. The van der Waals surface area contributed by atoms with Crippen molar-refractivity contribution in [1.82, 2.24) is 0 Å². The van der Waals surface area contributed by atoms with E-state index in [1.54, 1.807) is 0 Å². The van der Waals surface area contributed by atoms with Crippen LogP contribution >= 0.6 is 11.6 Å². The minimum Gasteiger partial charge on any atom is -0.506 e. The fraction of sp³-hybridized carbons (Fsp3) is 0.364. The third kappa shape index (κ3) is 2.21. The predicted octanol–water partition coefficient (Wildman–Crippen LogP) is 1.50. The van der Waals surface area contributed by atoms with Crippen LogP contribution in [0.25, 0.3) is 0 Å². The zero-order valence-electron chi connectivity index (χ0n) is 8.99. The molecule has 1 saturated heterocycles. The number of carbonyl (C=O) groups is 1. The molecule has 1 aromatic carbocycles.